The Morgan fingerprint density at radius 3 is 2.31 bits per heavy atom. The molecule has 13 heavy (non-hydrogen) atoms. The maximum Gasteiger partial charge on any atom is 0.213 e. The van der Waals surface area contributed by atoms with Gasteiger partial charge < -0.3 is 4.90 Å². The highest BCUT2D eigenvalue weighted by Crippen LogP contribution is 2.14. The minimum absolute atomic E-state index is 0.381. The van der Waals surface area contributed by atoms with Crippen LogP contribution in [0.1, 0.15) is 20.8 Å². The number of amides is 1. The third kappa shape index (κ3) is 3.40. The molecule has 0 radical (unpaired) electrons. The normalized spacial score (nSPS) is 13.4. The van der Waals surface area contributed by atoms with E-state index in [1.807, 2.05) is 6.92 Å². The van der Waals surface area contributed by atoms with Crippen LogP contribution in [-0.2, 0) is 4.79 Å². The zero-order valence-electron chi connectivity index (χ0n) is 9.03. The van der Waals surface area contributed by atoms with Gasteiger partial charge >= 0.3 is 0 Å². The fourth-order valence-electron chi connectivity index (χ4n) is 1.08. The molecule has 0 aliphatic rings. The van der Waals surface area contributed by atoms with Crippen LogP contribution in [-0.4, -0.2) is 31.6 Å². The molecule has 3 nitrogen and oxygen atoms in total. The molecule has 0 unspecified atom stereocenters. The molecule has 0 bridgehead atoms. The molecule has 1 amide bonds. The summed E-state index contributed by atoms with van der Waals surface area (Å²) in [4.78, 5) is 16.1. The van der Waals surface area contributed by atoms with Crippen LogP contribution < -0.4 is 0 Å². The predicted octanol–water partition coefficient (Wildman–Crippen LogP) is 1.71. The monoisotopic (exact) mass is 182 g/mol. The lowest BCUT2D eigenvalue weighted by Gasteiger charge is -2.17. The number of aliphatic imine (C=N–C) groups is 1. The minimum Gasteiger partial charge on any atom is -0.322 e. The van der Waals surface area contributed by atoms with Gasteiger partial charge in [-0.05, 0) is 18.4 Å². The molecular weight excluding hydrogens is 164 g/mol. The molecule has 0 aliphatic heterocycles. The molecule has 0 aromatic carbocycles. The molecule has 0 atom stereocenters. The van der Waals surface area contributed by atoms with Crippen LogP contribution in [0, 0.1) is 5.92 Å². The highest BCUT2D eigenvalue weighted by Gasteiger charge is 2.07. The van der Waals surface area contributed by atoms with Gasteiger partial charge in [-0.1, -0.05) is 13.8 Å². The average molecular weight is 182 g/mol. The first-order chi connectivity index (χ1) is 6.04. The molecule has 0 rings (SSSR count). The van der Waals surface area contributed by atoms with Crippen LogP contribution >= 0.6 is 0 Å². The Bertz CT molecular complexity index is 229. The number of hydrogen-bond acceptors (Lipinski definition) is 2. The second-order valence-corrected chi connectivity index (χ2v) is 3.30. The first kappa shape index (κ1) is 11.9. The van der Waals surface area contributed by atoms with Gasteiger partial charge in [0.1, 0.15) is 0 Å². The average Bonchev–Trinajstić information content (AvgIpc) is 2.11. The summed E-state index contributed by atoms with van der Waals surface area (Å²) in [5, 5.41) is 0. The molecule has 74 valence electrons. The van der Waals surface area contributed by atoms with Crippen LogP contribution in [0.15, 0.2) is 16.3 Å². The topological polar surface area (TPSA) is 32.7 Å². The van der Waals surface area contributed by atoms with Gasteiger partial charge in [-0.2, -0.15) is 0 Å². The van der Waals surface area contributed by atoms with Gasteiger partial charge in [0.15, 0.2) is 0 Å². The van der Waals surface area contributed by atoms with E-state index < -0.39 is 0 Å². The SMILES string of the molecule is C/N=C\C(=C(\C)N(C)C=O)C(C)C. The smallest absolute Gasteiger partial charge is 0.213 e. The van der Waals surface area contributed by atoms with E-state index in [2.05, 4.69) is 18.8 Å². The zero-order chi connectivity index (χ0) is 10.4. The Morgan fingerprint density at radius 1 is 1.46 bits per heavy atom. The number of carbonyl (C=O) groups excluding carboxylic acids is 1. The van der Waals surface area contributed by atoms with Crippen LogP contribution in [0.2, 0.25) is 0 Å². The lowest BCUT2D eigenvalue weighted by Crippen LogP contribution is -2.17. The maximum atomic E-state index is 10.5. The van der Waals surface area contributed by atoms with E-state index in [1.54, 1.807) is 25.2 Å². The highest BCUT2D eigenvalue weighted by atomic mass is 16.1. The molecule has 0 aromatic heterocycles. The second kappa shape index (κ2) is 5.51. The largest absolute Gasteiger partial charge is 0.322 e. The Morgan fingerprint density at radius 2 is 2.00 bits per heavy atom. The van der Waals surface area contributed by atoms with Crippen molar-refractivity contribution < 1.29 is 4.79 Å². The van der Waals surface area contributed by atoms with Gasteiger partial charge in [0.05, 0.1) is 0 Å². The third-order valence-corrected chi connectivity index (χ3v) is 2.00. The molecule has 0 fully saturated rings. The molecule has 3 heteroatoms. The summed E-state index contributed by atoms with van der Waals surface area (Å²) < 4.78 is 0. The Labute approximate surface area is 80.2 Å². The molecule has 0 N–H and O–H groups in total. The van der Waals surface area contributed by atoms with Crippen molar-refractivity contribution in [3.63, 3.8) is 0 Å². The highest BCUT2D eigenvalue weighted by molar-refractivity contribution is 5.80. The van der Waals surface area contributed by atoms with Crippen molar-refractivity contribution in [1.29, 1.82) is 0 Å². The van der Waals surface area contributed by atoms with Crippen molar-refractivity contribution >= 4 is 12.6 Å². The van der Waals surface area contributed by atoms with E-state index in [0.29, 0.717) is 5.92 Å². The minimum atomic E-state index is 0.381. The fourth-order valence-corrected chi connectivity index (χ4v) is 1.08. The van der Waals surface area contributed by atoms with Crippen LogP contribution in [0.3, 0.4) is 0 Å². The summed E-state index contributed by atoms with van der Waals surface area (Å²) in [5.74, 6) is 0.381. The fraction of sp³-hybridized carbons (Fsp3) is 0.600. The summed E-state index contributed by atoms with van der Waals surface area (Å²) in [6, 6.07) is 0. The molecule has 0 heterocycles. The van der Waals surface area contributed by atoms with Crippen LogP contribution in [0.4, 0.5) is 0 Å². The summed E-state index contributed by atoms with van der Waals surface area (Å²) >= 11 is 0. The quantitative estimate of drug-likeness (QED) is 0.481. The van der Waals surface area contributed by atoms with Gasteiger partial charge in [0.2, 0.25) is 6.41 Å². The van der Waals surface area contributed by atoms with Crippen molar-refractivity contribution in [2.75, 3.05) is 14.1 Å². The second-order valence-electron chi connectivity index (χ2n) is 3.30. The van der Waals surface area contributed by atoms with Crippen LogP contribution in [0.5, 0.6) is 0 Å². The van der Waals surface area contributed by atoms with Crippen molar-refractivity contribution in [2.45, 2.75) is 20.8 Å². The summed E-state index contributed by atoms with van der Waals surface area (Å²) in [7, 11) is 3.48. The summed E-state index contributed by atoms with van der Waals surface area (Å²) in [6.45, 7) is 6.09. The number of carbonyl (C=O) groups is 1. The molecule has 0 spiro atoms. The van der Waals surface area contributed by atoms with Crippen molar-refractivity contribution in [3.05, 3.63) is 11.3 Å². The lowest BCUT2D eigenvalue weighted by atomic mass is 10.0. The Hall–Kier alpha value is -1.12. The van der Waals surface area contributed by atoms with Gasteiger partial charge in [-0.3, -0.25) is 9.79 Å². The molecule has 0 aliphatic carbocycles. The third-order valence-electron chi connectivity index (χ3n) is 2.00. The summed E-state index contributed by atoms with van der Waals surface area (Å²) in [6.07, 6.45) is 2.61. The molecule has 0 aromatic rings. The van der Waals surface area contributed by atoms with E-state index >= 15 is 0 Å². The van der Waals surface area contributed by atoms with Crippen molar-refractivity contribution in [1.82, 2.24) is 4.90 Å². The predicted molar refractivity (Wildman–Crippen MR) is 55.8 cm³/mol. The Kier molecular flexibility index (Phi) is 5.04. The van der Waals surface area contributed by atoms with Crippen molar-refractivity contribution in [3.8, 4) is 0 Å². The lowest BCUT2D eigenvalue weighted by molar-refractivity contribution is -0.115. The van der Waals surface area contributed by atoms with Gasteiger partial charge in [-0.15, -0.1) is 0 Å². The number of hydrogen-bond donors (Lipinski definition) is 0. The molecule has 0 saturated heterocycles. The van der Waals surface area contributed by atoms with Crippen molar-refractivity contribution in [2.24, 2.45) is 10.9 Å². The first-order valence-electron chi connectivity index (χ1n) is 4.35. The number of rotatable bonds is 4. The number of nitrogens with zero attached hydrogens (tertiary/aromatic N) is 2. The molecular formula is C10H18N2O. The van der Waals surface area contributed by atoms with Gasteiger partial charge in [0.25, 0.3) is 0 Å². The maximum absolute atomic E-state index is 10.5. The Balaban J connectivity index is 4.95. The molecule has 0 saturated carbocycles. The first-order valence-corrected chi connectivity index (χ1v) is 4.35. The van der Waals surface area contributed by atoms with E-state index in [1.165, 1.54) is 0 Å². The van der Waals surface area contributed by atoms with E-state index in [0.717, 1.165) is 17.7 Å². The summed E-state index contributed by atoms with van der Waals surface area (Å²) in [5.41, 5.74) is 2.05. The van der Waals surface area contributed by atoms with Gasteiger partial charge in [-0.25, -0.2) is 0 Å². The van der Waals surface area contributed by atoms with E-state index in [9.17, 15) is 4.79 Å². The van der Waals surface area contributed by atoms with Crippen LogP contribution in [0.25, 0.3) is 0 Å². The zero-order valence-corrected chi connectivity index (χ0v) is 9.03. The van der Waals surface area contributed by atoms with Gasteiger partial charge in [0, 0.05) is 26.0 Å². The van der Waals surface area contributed by atoms with E-state index in [-0.39, 0.29) is 0 Å². The standard InChI is InChI=1S/C10H18N2O/c1-8(2)10(6-11-4)9(3)12(5)7-13/h6-8H,1-5H3/b10-9+,11-6-. The van der Waals surface area contributed by atoms with E-state index in [4.69, 9.17) is 0 Å². The number of allylic oxidation sites excluding steroid dienone is 2.